The number of anilines is 1. The number of hydrogen-bond acceptors (Lipinski definition) is 1. The molecule has 0 aromatic heterocycles. The summed E-state index contributed by atoms with van der Waals surface area (Å²) in [6, 6.07) is 4.28. The minimum Gasteiger partial charge on any atom is -0.312 e. The van der Waals surface area contributed by atoms with E-state index in [1.807, 2.05) is 4.90 Å². The van der Waals surface area contributed by atoms with E-state index < -0.39 is 0 Å². The molecule has 96 valence electrons. The van der Waals surface area contributed by atoms with Crippen molar-refractivity contribution in [1.29, 1.82) is 0 Å². The first-order valence-electron chi connectivity index (χ1n) is 6.68. The molecule has 0 bridgehead atoms. The lowest BCUT2D eigenvalue weighted by Gasteiger charge is -2.31. The topological polar surface area (TPSA) is 20.3 Å². The van der Waals surface area contributed by atoms with Gasteiger partial charge in [0.05, 0.1) is 0 Å². The Bertz CT molecular complexity index is 511. The van der Waals surface area contributed by atoms with Crippen LogP contribution in [0.2, 0.25) is 0 Å². The first-order chi connectivity index (χ1) is 8.58. The molecule has 1 aromatic rings. The molecule has 1 aromatic carbocycles. The summed E-state index contributed by atoms with van der Waals surface area (Å²) in [6.45, 7) is 5.16. The average Bonchev–Trinajstić information content (AvgIpc) is 3.04. The third-order valence-corrected chi connectivity index (χ3v) is 4.59. The van der Waals surface area contributed by atoms with Crippen LogP contribution in [0.1, 0.15) is 30.9 Å². The highest BCUT2D eigenvalue weighted by Gasteiger charge is 2.42. The Hall–Kier alpha value is -0.830. The molecule has 18 heavy (non-hydrogen) atoms. The van der Waals surface area contributed by atoms with Gasteiger partial charge in [-0.1, -0.05) is 22.9 Å². The number of amides is 1. The van der Waals surface area contributed by atoms with Crippen LogP contribution in [0.15, 0.2) is 16.6 Å². The zero-order valence-corrected chi connectivity index (χ0v) is 12.5. The molecule has 1 fully saturated rings. The van der Waals surface area contributed by atoms with E-state index in [4.69, 9.17) is 0 Å². The summed E-state index contributed by atoms with van der Waals surface area (Å²) >= 11 is 3.55. The van der Waals surface area contributed by atoms with Crippen molar-refractivity contribution in [3.05, 3.63) is 27.7 Å². The maximum Gasteiger partial charge on any atom is 0.230 e. The Labute approximate surface area is 116 Å². The predicted molar refractivity (Wildman–Crippen MR) is 76.8 cm³/mol. The van der Waals surface area contributed by atoms with Gasteiger partial charge in [-0.25, -0.2) is 0 Å². The van der Waals surface area contributed by atoms with E-state index in [-0.39, 0.29) is 5.92 Å². The van der Waals surface area contributed by atoms with Crippen molar-refractivity contribution in [2.75, 3.05) is 11.4 Å². The van der Waals surface area contributed by atoms with Crippen LogP contribution in [0.4, 0.5) is 5.69 Å². The number of nitrogens with zero attached hydrogens (tertiary/aromatic N) is 1. The third-order valence-electron chi connectivity index (χ3n) is 4.13. The molecular weight excluding hydrogens is 290 g/mol. The monoisotopic (exact) mass is 307 g/mol. The zero-order chi connectivity index (χ0) is 12.9. The zero-order valence-electron chi connectivity index (χ0n) is 10.9. The van der Waals surface area contributed by atoms with Crippen LogP contribution in [0.5, 0.6) is 0 Å². The van der Waals surface area contributed by atoms with E-state index in [1.54, 1.807) is 0 Å². The lowest BCUT2D eigenvalue weighted by atomic mass is 9.97. The first-order valence-corrected chi connectivity index (χ1v) is 7.47. The molecule has 1 aliphatic heterocycles. The molecule has 0 radical (unpaired) electrons. The number of rotatable bonds is 1. The van der Waals surface area contributed by atoms with Crippen LogP contribution in [0.25, 0.3) is 0 Å². The van der Waals surface area contributed by atoms with Gasteiger partial charge in [0, 0.05) is 22.6 Å². The van der Waals surface area contributed by atoms with Gasteiger partial charge in [0.1, 0.15) is 0 Å². The number of hydrogen-bond donors (Lipinski definition) is 0. The SMILES string of the molecule is Cc1cc(Br)cc2c1N(C(=O)C1CC1C)CCC2. The first kappa shape index (κ1) is 12.2. The van der Waals surface area contributed by atoms with E-state index in [1.165, 1.54) is 16.8 Å². The normalized spacial score (nSPS) is 25.8. The van der Waals surface area contributed by atoms with Crippen molar-refractivity contribution in [1.82, 2.24) is 0 Å². The van der Waals surface area contributed by atoms with Gasteiger partial charge in [0.2, 0.25) is 5.91 Å². The van der Waals surface area contributed by atoms with Gasteiger partial charge in [-0.3, -0.25) is 4.79 Å². The molecule has 2 nitrogen and oxygen atoms in total. The van der Waals surface area contributed by atoms with E-state index in [9.17, 15) is 4.79 Å². The van der Waals surface area contributed by atoms with E-state index in [0.717, 1.165) is 30.3 Å². The second-order valence-corrected chi connectivity index (χ2v) is 6.56. The van der Waals surface area contributed by atoms with Gasteiger partial charge in [0.25, 0.3) is 0 Å². The van der Waals surface area contributed by atoms with Crippen molar-refractivity contribution >= 4 is 27.5 Å². The molecule has 1 aliphatic carbocycles. The Morgan fingerprint density at radius 1 is 1.44 bits per heavy atom. The van der Waals surface area contributed by atoms with Gasteiger partial charge in [-0.05, 0) is 55.4 Å². The molecule has 1 saturated carbocycles. The van der Waals surface area contributed by atoms with Crippen LogP contribution < -0.4 is 4.90 Å². The summed E-state index contributed by atoms with van der Waals surface area (Å²) < 4.78 is 1.12. The second kappa shape index (κ2) is 4.37. The van der Waals surface area contributed by atoms with Crippen LogP contribution in [0, 0.1) is 18.8 Å². The third kappa shape index (κ3) is 1.99. The summed E-state index contributed by atoms with van der Waals surface area (Å²) in [5.74, 6) is 1.20. The summed E-state index contributed by atoms with van der Waals surface area (Å²) in [5.41, 5.74) is 3.70. The highest BCUT2D eigenvalue weighted by molar-refractivity contribution is 9.10. The van der Waals surface area contributed by atoms with Gasteiger partial charge in [-0.2, -0.15) is 0 Å². The van der Waals surface area contributed by atoms with E-state index in [0.29, 0.717) is 11.8 Å². The van der Waals surface area contributed by atoms with Crippen molar-refractivity contribution < 1.29 is 4.79 Å². The number of carbonyl (C=O) groups excluding carboxylic acids is 1. The highest BCUT2D eigenvalue weighted by atomic mass is 79.9. The molecule has 2 unspecified atom stereocenters. The average molecular weight is 308 g/mol. The van der Waals surface area contributed by atoms with Crippen LogP contribution >= 0.6 is 15.9 Å². The van der Waals surface area contributed by atoms with Gasteiger partial charge in [-0.15, -0.1) is 0 Å². The molecule has 0 N–H and O–H groups in total. The minimum absolute atomic E-state index is 0.277. The second-order valence-electron chi connectivity index (χ2n) is 5.64. The van der Waals surface area contributed by atoms with Crippen molar-refractivity contribution in [2.45, 2.75) is 33.1 Å². The highest BCUT2D eigenvalue weighted by Crippen LogP contribution is 2.42. The molecule has 3 heteroatoms. The van der Waals surface area contributed by atoms with Gasteiger partial charge >= 0.3 is 0 Å². The van der Waals surface area contributed by atoms with Gasteiger partial charge in [0.15, 0.2) is 0 Å². The van der Waals surface area contributed by atoms with E-state index >= 15 is 0 Å². The quantitative estimate of drug-likeness (QED) is 0.775. The molecular formula is C15H18BrNO. The Balaban J connectivity index is 1.98. The Kier molecular flexibility index (Phi) is 2.97. The number of benzene rings is 1. The maximum atomic E-state index is 12.5. The van der Waals surface area contributed by atoms with Crippen molar-refractivity contribution in [2.24, 2.45) is 11.8 Å². The number of aryl methyl sites for hydroxylation is 2. The fourth-order valence-corrected chi connectivity index (χ4v) is 3.63. The van der Waals surface area contributed by atoms with Crippen LogP contribution in [-0.4, -0.2) is 12.5 Å². The number of carbonyl (C=O) groups is 1. The van der Waals surface area contributed by atoms with Crippen LogP contribution in [-0.2, 0) is 11.2 Å². The molecule has 2 atom stereocenters. The maximum absolute atomic E-state index is 12.5. The summed E-state index contributed by atoms with van der Waals surface area (Å²) in [4.78, 5) is 14.5. The van der Waals surface area contributed by atoms with E-state index in [2.05, 4.69) is 41.9 Å². The molecule has 0 spiro atoms. The molecule has 3 rings (SSSR count). The predicted octanol–water partition coefficient (Wildman–Crippen LogP) is 3.69. The summed E-state index contributed by atoms with van der Waals surface area (Å²) in [7, 11) is 0. The molecule has 2 aliphatic rings. The van der Waals surface area contributed by atoms with Crippen molar-refractivity contribution in [3.8, 4) is 0 Å². The smallest absolute Gasteiger partial charge is 0.230 e. The Morgan fingerprint density at radius 2 is 2.17 bits per heavy atom. The molecule has 1 amide bonds. The minimum atomic E-state index is 0.277. The van der Waals surface area contributed by atoms with Crippen molar-refractivity contribution in [3.63, 3.8) is 0 Å². The standard InChI is InChI=1S/C15H18BrNO/c1-9-7-13(9)15(18)17-5-3-4-11-8-12(16)6-10(2)14(11)17/h6,8-9,13H,3-5,7H2,1-2H3. The Morgan fingerprint density at radius 3 is 2.83 bits per heavy atom. The molecule has 1 heterocycles. The number of halogens is 1. The lowest BCUT2D eigenvalue weighted by molar-refractivity contribution is -0.120. The van der Waals surface area contributed by atoms with Gasteiger partial charge < -0.3 is 4.90 Å². The number of fused-ring (bicyclic) bond motifs is 1. The summed E-state index contributed by atoms with van der Waals surface area (Å²) in [5, 5.41) is 0. The lowest BCUT2D eigenvalue weighted by Crippen LogP contribution is -2.37. The largest absolute Gasteiger partial charge is 0.312 e. The fourth-order valence-electron chi connectivity index (χ4n) is 3.01. The fraction of sp³-hybridized carbons (Fsp3) is 0.533. The molecule has 0 saturated heterocycles. The van der Waals surface area contributed by atoms with Crippen LogP contribution in [0.3, 0.4) is 0 Å². The summed E-state index contributed by atoms with van der Waals surface area (Å²) in [6.07, 6.45) is 3.23.